The van der Waals surface area contributed by atoms with Crippen LogP contribution in [0.25, 0.3) is 34.8 Å². The van der Waals surface area contributed by atoms with Crippen molar-refractivity contribution >= 4 is 34.8 Å². The molecule has 44 heavy (non-hydrogen) atoms. The Kier molecular flexibility index (Phi) is 6.35. The first-order valence-electron chi connectivity index (χ1n) is 16.9. The molecule has 2 heteroatoms. The number of allylic oxidation sites excluding steroid dienone is 9. The Morgan fingerprint density at radius 3 is 2.43 bits per heavy atom. The first-order valence-corrected chi connectivity index (χ1v) is 16.9. The van der Waals surface area contributed by atoms with E-state index in [0.717, 1.165) is 44.9 Å². The van der Waals surface area contributed by atoms with Crippen LogP contribution in [0.1, 0.15) is 108 Å². The van der Waals surface area contributed by atoms with Crippen molar-refractivity contribution in [1.29, 1.82) is 0 Å². The molecule has 0 saturated carbocycles. The molecule has 0 aliphatic heterocycles. The van der Waals surface area contributed by atoms with E-state index in [2.05, 4.69) is 125 Å². The normalized spacial score (nSPS) is 23.5. The van der Waals surface area contributed by atoms with Crippen LogP contribution >= 0.6 is 0 Å². The van der Waals surface area contributed by atoms with Gasteiger partial charge in [0.25, 0.3) is 0 Å². The van der Waals surface area contributed by atoms with Crippen LogP contribution in [-0.2, 0) is 12.8 Å². The Balaban J connectivity index is 1.15. The topological polar surface area (TPSA) is 9.86 Å². The number of hydrogen-bond donors (Lipinski definition) is 0. The number of hydrogen-bond acceptors (Lipinski definition) is 0. The SMILES string of the molecule is C1=Cc2c(c3c(n2[C@@H]2CC=CCC2)C(c2ccc4c(c2)c2c(n4C4=CCC(c5ccccc5)C=C4)CCC=C2)CC=C3)CC1. The van der Waals surface area contributed by atoms with E-state index in [0.29, 0.717) is 17.9 Å². The quantitative estimate of drug-likeness (QED) is 0.215. The fraction of sp³-hybridized carbons (Fsp3) is 0.286. The van der Waals surface area contributed by atoms with Gasteiger partial charge in [0.1, 0.15) is 0 Å². The molecule has 218 valence electrons. The lowest BCUT2D eigenvalue weighted by Gasteiger charge is -2.30. The van der Waals surface area contributed by atoms with E-state index in [1.165, 1.54) is 63.1 Å². The molecule has 0 radical (unpaired) electrons. The van der Waals surface area contributed by atoms with Gasteiger partial charge in [-0.15, -0.1) is 0 Å². The average Bonchev–Trinajstić information content (AvgIpc) is 3.62. The van der Waals surface area contributed by atoms with E-state index in [1.54, 1.807) is 11.3 Å². The zero-order chi connectivity index (χ0) is 29.0. The minimum Gasteiger partial charge on any atom is -0.340 e. The molecular weight excluding hydrogens is 532 g/mol. The lowest BCUT2D eigenvalue weighted by molar-refractivity contribution is 0.439. The summed E-state index contributed by atoms with van der Waals surface area (Å²) >= 11 is 0. The number of fused-ring (bicyclic) bond motifs is 6. The predicted molar refractivity (Wildman–Crippen MR) is 186 cm³/mol. The van der Waals surface area contributed by atoms with E-state index in [9.17, 15) is 0 Å². The van der Waals surface area contributed by atoms with Gasteiger partial charge in [-0.3, -0.25) is 0 Å². The largest absolute Gasteiger partial charge is 0.340 e. The van der Waals surface area contributed by atoms with Crippen LogP contribution in [0.15, 0.2) is 97.1 Å². The molecule has 3 atom stereocenters. The van der Waals surface area contributed by atoms with E-state index < -0.39 is 0 Å². The highest BCUT2D eigenvalue weighted by Crippen LogP contribution is 2.46. The summed E-state index contributed by atoms with van der Waals surface area (Å²) in [6, 6.07) is 18.9. The maximum absolute atomic E-state index is 2.78. The number of aromatic nitrogens is 2. The maximum atomic E-state index is 2.78. The van der Waals surface area contributed by atoms with Crippen molar-refractivity contribution in [1.82, 2.24) is 9.13 Å². The molecule has 9 rings (SSSR count). The molecule has 2 aromatic heterocycles. The lowest BCUT2D eigenvalue weighted by Crippen LogP contribution is -2.19. The highest BCUT2D eigenvalue weighted by Gasteiger charge is 2.33. The minimum atomic E-state index is 0.385. The summed E-state index contributed by atoms with van der Waals surface area (Å²) in [7, 11) is 0. The molecule has 0 bridgehead atoms. The van der Waals surface area contributed by atoms with Crippen LogP contribution < -0.4 is 0 Å². The molecular formula is C42H40N2. The van der Waals surface area contributed by atoms with Gasteiger partial charge in [0.15, 0.2) is 0 Å². The molecule has 0 spiro atoms. The van der Waals surface area contributed by atoms with Crippen molar-refractivity contribution in [2.45, 2.75) is 75.7 Å². The van der Waals surface area contributed by atoms with Crippen LogP contribution in [-0.4, -0.2) is 9.13 Å². The number of rotatable bonds is 4. The van der Waals surface area contributed by atoms with Gasteiger partial charge in [-0.2, -0.15) is 0 Å². The summed E-state index contributed by atoms with van der Waals surface area (Å²) in [6.45, 7) is 0. The number of nitrogens with zero attached hydrogens (tertiary/aromatic N) is 2. The van der Waals surface area contributed by atoms with Crippen LogP contribution in [0, 0.1) is 0 Å². The van der Waals surface area contributed by atoms with Crippen molar-refractivity contribution in [2.24, 2.45) is 0 Å². The van der Waals surface area contributed by atoms with E-state index in [-0.39, 0.29) is 0 Å². The Hall–Kier alpha value is -4.30. The van der Waals surface area contributed by atoms with Crippen LogP contribution in [0.2, 0.25) is 0 Å². The third kappa shape index (κ3) is 4.14. The van der Waals surface area contributed by atoms with E-state index in [4.69, 9.17) is 0 Å². The van der Waals surface area contributed by atoms with Crippen LogP contribution in [0.3, 0.4) is 0 Å². The Bertz CT molecular complexity index is 1950. The van der Waals surface area contributed by atoms with Gasteiger partial charge < -0.3 is 9.13 Å². The predicted octanol–water partition coefficient (Wildman–Crippen LogP) is 10.8. The highest BCUT2D eigenvalue weighted by molar-refractivity contribution is 5.95. The van der Waals surface area contributed by atoms with Crippen molar-refractivity contribution in [3.8, 4) is 0 Å². The van der Waals surface area contributed by atoms with Gasteiger partial charge in [0, 0.05) is 51.6 Å². The molecule has 4 aromatic rings. The van der Waals surface area contributed by atoms with Gasteiger partial charge in [-0.05, 0) is 104 Å². The van der Waals surface area contributed by atoms with E-state index >= 15 is 0 Å². The maximum Gasteiger partial charge on any atom is 0.0537 e. The summed E-state index contributed by atoms with van der Waals surface area (Å²) in [5.74, 6) is 0.838. The lowest BCUT2D eigenvalue weighted by atomic mass is 9.84. The van der Waals surface area contributed by atoms with Crippen molar-refractivity contribution in [2.75, 3.05) is 0 Å². The van der Waals surface area contributed by atoms with Crippen LogP contribution in [0.4, 0.5) is 0 Å². The van der Waals surface area contributed by atoms with E-state index in [1.807, 2.05) is 0 Å². The molecule has 2 unspecified atom stereocenters. The van der Waals surface area contributed by atoms with Crippen LogP contribution in [0.5, 0.6) is 0 Å². The zero-order valence-corrected chi connectivity index (χ0v) is 25.5. The number of benzene rings is 2. The van der Waals surface area contributed by atoms with Gasteiger partial charge >= 0.3 is 0 Å². The average molecular weight is 573 g/mol. The molecule has 0 amide bonds. The molecule has 0 fully saturated rings. The second-order valence-electron chi connectivity index (χ2n) is 13.3. The Labute approximate surface area is 261 Å². The highest BCUT2D eigenvalue weighted by atomic mass is 15.0. The minimum absolute atomic E-state index is 0.385. The molecule has 0 saturated heterocycles. The van der Waals surface area contributed by atoms with Crippen molar-refractivity contribution in [3.05, 3.63) is 142 Å². The smallest absolute Gasteiger partial charge is 0.0537 e. The second-order valence-corrected chi connectivity index (χ2v) is 13.3. The zero-order valence-electron chi connectivity index (χ0n) is 25.5. The summed E-state index contributed by atoms with van der Waals surface area (Å²) < 4.78 is 5.35. The standard InChI is InChI=1S/C42H40N2/c1-3-12-29(13-4-1)30-22-25-33(26-23-30)43-39-20-9-8-17-36(39)38-28-31(24-27-41(38)43)34-18-11-19-37-35-16-7-10-21-40(35)44(42(34)37)32-14-5-2-6-15-32/h1-5,8,10-13,17,19,21-22,24-28,30,32,34H,6-7,9,14-16,18,20,23H2/t30?,32-,34?/m1/s1. The van der Waals surface area contributed by atoms with Crippen molar-refractivity contribution < 1.29 is 0 Å². The first kappa shape index (κ1) is 26.1. The van der Waals surface area contributed by atoms with Gasteiger partial charge in [0.05, 0.1) is 5.52 Å². The monoisotopic (exact) mass is 572 g/mol. The molecule has 2 nitrogen and oxygen atoms in total. The summed E-state index contributed by atoms with van der Waals surface area (Å²) in [4.78, 5) is 0. The molecule has 5 aliphatic rings. The van der Waals surface area contributed by atoms with Crippen molar-refractivity contribution in [3.63, 3.8) is 0 Å². The molecule has 0 N–H and O–H groups in total. The fourth-order valence-corrected chi connectivity index (χ4v) is 8.71. The van der Waals surface area contributed by atoms with Gasteiger partial charge in [0.2, 0.25) is 0 Å². The summed E-state index contributed by atoms with van der Waals surface area (Å²) in [5.41, 5.74) is 14.6. The first-order chi connectivity index (χ1) is 21.8. The summed E-state index contributed by atoms with van der Waals surface area (Å²) in [5, 5.41) is 1.41. The third-order valence-electron chi connectivity index (χ3n) is 10.8. The molecule has 5 aliphatic carbocycles. The van der Waals surface area contributed by atoms with Gasteiger partial charge in [-0.25, -0.2) is 0 Å². The molecule has 2 heterocycles. The Morgan fingerprint density at radius 1 is 0.682 bits per heavy atom. The fourth-order valence-electron chi connectivity index (χ4n) is 8.71. The third-order valence-corrected chi connectivity index (χ3v) is 10.8. The Morgan fingerprint density at radius 2 is 1.57 bits per heavy atom. The van der Waals surface area contributed by atoms with Gasteiger partial charge in [-0.1, -0.05) is 91.1 Å². The summed E-state index contributed by atoms with van der Waals surface area (Å²) in [6.07, 6.45) is 36.7. The molecule has 2 aromatic carbocycles. The second kappa shape index (κ2) is 10.7.